The van der Waals surface area contributed by atoms with Gasteiger partial charge in [0.05, 0.1) is 5.92 Å². The van der Waals surface area contributed by atoms with E-state index in [0.29, 0.717) is 6.79 Å². The molecule has 2 heterocycles. The fraction of sp³-hybridized carbons (Fsp3) is 0.562. The molecule has 1 aromatic carbocycles. The Labute approximate surface area is 125 Å². The van der Waals surface area contributed by atoms with Crippen LogP contribution in [0.2, 0.25) is 0 Å². The van der Waals surface area contributed by atoms with Gasteiger partial charge in [0.15, 0.2) is 11.5 Å². The first kappa shape index (κ1) is 14.2. The summed E-state index contributed by atoms with van der Waals surface area (Å²) in [5, 5.41) is 3.16. The molecule has 5 heteroatoms. The van der Waals surface area contributed by atoms with E-state index in [1.165, 1.54) is 5.56 Å². The number of carbonyl (C=O) groups excluding carboxylic acids is 1. The van der Waals surface area contributed by atoms with Crippen LogP contribution in [0.4, 0.5) is 0 Å². The number of ether oxygens (including phenoxy) is 2. The van der Waals surface area contributed by atoms with Crippen molar-refractivity contribution in [2.75, 3.05) is 26.4 Å². The normalized spacial score (nSPS) is 18.2. The molecule has 5 nitrogen and oxygen atoms in total. The van der Waals surface area contributed by atoms with E-state index in [9.17, 15) is 4.79 Å². The van der Waals surface area contributed by atoms with Crippen molar-refractivity contribution in [2.45, 2.75) is 26.3 Å². The molecule has 2 aliphatic rings. The molecular weight excluding hydrogens is 268 g/mol. The third-order valence-corrected chi connectivity index (χ3v) is 4.25. The zero-order valence-corrected chi connectivity index (χ0v) is 12.6. The molecule has 1 saturated heterocycles. The first-order valence-corrected chi connectivity index (χ1v) is 7.58. The average molecular weight is 290 g/mol. The fourth-order valence-electron chi connectivity index (χ4n) is 2.90. The van der Waals surface area contributed by atoms with Crippen molar-refractivity contribution in [3.63, 3.8) is 0 Å². The minimum Gasteiger partial charge on any atom is -0.454 e. The predicted octanol–water partition coefficient (Wildman–Crippen LogP) is 1.41. The van der Waals surface area contributed by atoms with Crippen LogP contribution >= 0.6 is 0 Å². The molecule has 0 aromatic heterocycles. The van der Waals surface area contributed by atoms with Crippen LogP contribution < -0.4 is 14.8 Å². The lowest BCUT2D eigenvalue weighted by Gasteiger charge is -2.35. The van der Waals surface area contributed by atoms with E-state index in [2.05, 4.69) is 12.2 Å². The Balaban J connectivity index is 1.66. The molecule has 1 unspecified atom stereocenters. The van der Waals surface area contributed by atoms with E-state index in [1.54, 1.807) is 0 Å². The molecule has 0 radical (unpaired) electrons. The number of nitrogens with one attached hydrogen (secondary N) is 1. The maximum atomic E-state index is 12.4. The van der Waals surface area contributed by atoms with Crippen LogP contribution in [0.15, 0.2) is 18.2 Å². The molecule has 0 saturated carbocycles. The lowest BCUT2D eigenvalue weighted by Crippen LogP contribution is -2.54. The fourth-order valence-corrected chi connectivity index (χ4v) is 2.90. The number of fused-ring (bicyclic) bond motifs is 1. The van der Waals surface area contributed by atoms with E-state index in [4.69, 9.17) is 9.47 Å². The van der Waals surface area contributed by atoms with Gasteiger partial charge in [-0.1, -0.05) is 6.07 Å². The molecule has 1 aromatic rings. The van der Waals surface area contributed by atoms with Gasteiger partial charge in [0.25, 0.3) is 0 Å². The molecule has 1 amide bonds. The molecule has 21 heavy (non-hydrogen) atoms. The highest BCUT2D eigenvalue weighted by molar-refractivity contribution is 5.80. The standard InChI is InChI=1S/C16H22N2O3/c1-3-18(16(19)13-8-17-9-13)11(2)6-12-4-5-14-15(7-12)21-10-20-14/h4-5,7,11,13,17H,3,6,8-10H2,1-2H3. The average Bonchev–Trinajstić information content (AvgIpc) is 2.84. The summed E-state index contributed by atoms with van der Waals surface area (Å²) in [5.41, 5.74) is 1.17. The highest BCUT2D eigenvalue weighted by Crippen LogP contribution is 2.33. The number of carbonyl (C=O) groups is 1. The van der Waals surface area contributed by atoms with Crippen molar-refractivity contribution in [3.8, 4) is 11.5 Å². The Morgan fingerprint density at radius 3 is 2.81 bits per heavy atom. The molecule has 1 N–H and O–H groups in total. The number of amides is 1. The van der Waals surface area contributed by atoms with E-state index in [-0.39, 0.29) is 17.9 Å². The number of hydrogen-bond donors (Lipinski definition) is 1. The zero-order valence-electron chi connectivity index (χ0n) is 12.6. The van der Waals surface area contributed by atoms with E-state index in [1.807, 2.05) is 30.0 Å². The second-order valence-electron chi connectivity index (χ2n) is 5.72. The molecule has 2 aliphatic heterocycles. The van der Waals surface area contributed by atoms with E-state index >= 15 is 0 Å². The number of nitrogens with zero attached hydrogens (tertiary/aromatic N) is 1. The Morgan fingerprint density at radius 1 is 1.38 bits per heavy atom. The number of benzene rings is 1. The molecule has 3 rings (SSSR count). The maximum absolute atomic E-state index is 12.4. The minimum absolute atomic E-state index is 0.157. The smallest absolute Gasteiger partial charge is 0.231 e. The van der Waals surface area contributed by atoms with E-state index in [0.717, 1.165) is 37.6 Å². The quantitative estimate of drug-likeness (QED) is 0.891. The summed E-state index contributed by atoms with van der Waals surface area (Å²) in [6.45, 7) is 6.82. The summed E-state index contributed by atoms with van der Waals surface area (Å²) in [6, 6.07) is 6.19. The molecule has 0 bridgehead atoms. The van der Waals surface area contributed by atoms with Gasteiger partial charge in [-0.15, -0.1) is 0 Å². The molecule has 0 spiro atoms. The first-order chi connectivity index (χ1) is 10.2. The van der Waals surface area contributed by atoms with Crippen molar-refractivity contribution in [2.24, 2.45) is 5.92 Å². The summed E-state index contributed by atoms with van der Waals surface area (Å²) in [5.74, 6) is 2.03. The van der Waals surface area contributed by atoms with Gasteiger partial charge in [0.2, 0.25) is 12.7 Å². The van der Waals surface area contributed by atoms with Gasteiger partial charge < -0.3 is 19.7 Å². The highest BCUT2D eigenvalue weighted by atomic mass is 16.7. The number of rotatable bonds is 5. The lowest BCUT2D eigenvalue weighted by atomic mass is 9.99. The van der Waals surface area contributed by atoms with E-state index < -0.39 is 0 Å². The number of likely N-dealkylation sites (N-methyl/N-ethyl adjacent to an activating group) is 1. The molecule has 0 aliphatic carbocycles. The van der Waals surface area contributed by atoms with Gasteiger partial charge in [-0.3, -0.25) is 4.79 Å². The first-order valence-electron chi connectivity index (χ1n) is 7.58. The summed E-state index contributed by atoms with van der Waals surface area (Å²) in [7, 11) is 0. The lowest BCUT2D eigenvalue weighted by molar-refractivity contribution is -0.138. The van der Waals surface area contributed by atoms with Crippen molar-refractivity contribution in [1.82, 2.24) is 10.2 Å². The highest BCUT2D eigenvalue weighted by Gasteiger charge is 2.30. The summed E-state index contributed by atoms with van der Waals surface area (Å²) < 4.78 is 10.7. The Hall–Kier alpha value is -1.75. The second-order valence-corrected chi connectivity index (χ2v) is 5.72. The predicted molar refractivity (Wildman–Crippen MR) is 79.5 cm³/mol. The van der Waals surface area contributed by atoms with Crippen LogP contribution in [0.1, 0.15) is 19.4 Å². The van der Waals surface area contributed by atoms with Gasteiger partial charge in [0, 0.05) is 25.7 Å². The van der Waals surface area contributed by atoms with Crippen LogP contribution in [0.5, 0.6) is 11.5 Å². The third-order valence-electron chi connectivity index (χ3n) is 4.25. The van der Waals surface area contributed by atoms with Crippen LogP contribution in [-0.2, 0) is 11.2 Å². The zero-order chi connectivity index (χ0) is 14.8. The monoisotopic (exact) mass is 290 g/mol. The van der Waals surface area contributed by atoms with Crippen molar-refractivity contribution >= 4 is 5.91 Å². The van der Waals surface area contributed by atoms with Crippen molar-refractivity contribution < 1.29 is 14.3 Å². The van der Waals surface area contributed by atoms with Gasteiger partial charge in [-0.25, -0.2) is 0 Å². The Morgan fingerprint density at radius 2 is 2.14 bits per heavy atom. The molecule has 114 valence electrons. The SMILES string of the molecule is CCN(C(=O)C1CNC1)C(C)Cc1ccc2c(c1)OCO2. The number of hydrogen-bond acceptors (Lipinski definition) is 4. The summed E-state index contributed by atoms with van der Waals surface area (Å²) in [4.78, 5) is 14.4. The van der Waals surface area contributed by atoms with Crippen molar-refractivity contribution in [3.05, 3.63) is 23.8 Å². The van der Waals surface area contributed by atoms with Crippen LogP contribution in [0, 0.1) is 5.92 Å². The van der Waals surface area contributed by atoms with Crippen molar-refractivity contribution in [1.29, 1.82) is 0 Å². The van der Waals surface area contributed by atoms with Gasteiger partial charge in [-0.05, 0) is 38.0 Å². The molecule has 1 fully saturated rings. The minimum atomic E-state index is 0.157. The van der Waals surface area contributed by atoms with Gasteiger partial charge in [-0.2, -0.15) is 0 Å². The largest absolute Gasteiger partial charge is 0.454 e. The Kier molecular flexibility index (Phi) is 4.01. The molecule has 1 atom stereocenters. The summed E-state index contributed by atoms with van der Waals surface area (Å²) in [6.07, 6.45) is 0.830. The van der Waals surface area contributed by atoms with Gasteiger partial charge in [0.1, 0.15) is 0 Å². The summed E-state index contributed by atoms with van der Waals surface area (Å²) >= 11 is 0. The topological polar surface area (TPSA) is 50.8 Å². The second kappa shape index (κ2) is 5.93. The Bertz CT molecular complexity index is 528. The van der Waals surface area contributed by atoms with Crippen LogP contribution in [-0.4, -0.2) is 43.3 Å². The maximum Gasteiger partial charge on any atom is 0.231 e. The van der Waals surface area contributed by atoms with Crippen LogP contribution in [0.25, 0.3) is 0 Å². The molecular formula is C16H22N2O3. The van der Waals surface area contributed by atoms with Gasteiger partial charge >= 0.3 is 0 Å². The van der Waals surface area contributed by atoms with Crippen LogP contribution in [0.3, 0.4) is 0 Å². The third kappa shape index (κ3) is 2.83.